The van der Waals surface area contributed by atoms with Crippen molar-refractivity contribution in [3.05, 3.63) is 34.4 Å². The number of alkyl halides is 3. The number of hydrogen-bond donors (Lipinski definition) is 0. The number of aromatic nitrogens is 5. The molecule has 5 nitrogen and oxygen atoms in total. The summed E-state index contributed by atoms with van der Waals surface area (Å²) >= 11 is 6.03. The topological polar surface area (TPSA) is 48.0 Å². The van der Waals surface area contributed by atoms with Crippen LogP contribution in [-0.2, 0) is 13.2 Å². The van der Waals surface area contributed by atoms with Gasteiger partial charge in [-0.15, -0.1) is 0 Å². The number of halogens is 4. The molecule has 0 saturated carbocycles. The second-order valence-electron chi connectivity index (χ2n) is 4.96. The van der Waals surface area contributed by atoms with Gasteiger partial charge in [-0.1, -0.05) is 11.6 Å². The Labute approximate surface area is 128 Å². The van der Waals surface area contributed by atoms with Crippen molar-refractivity contribution in [2.45, 2.75) is 20.0 Å². The van der Waals surface area contributed by atoms with E-state index in [1.165, 1.54) is 11.6 Å². The maximum atomic E-state index is 13.3. The van der Waals surface area contributed by atoms with E-state index in [1.807, 2.05) is 0 Å². The van der Waals surface area contributed by atoms with Crippen LogP contribution in [0.3, 0.4) is 0 Å². The molecule has 3 rings (SSSR count). The van der Waals surface area contributed by atoms with Crippen LogP contribution in [0, 0.1) is 13.8 Å². The molecule has 0 spiro atoms. The van der Waals surface area contributed by atoms with Gasteiger partial charge in [0, 0.05) is 18.8 Å². The minimum absolute atomic E-state index is 0.0211. The molecule has 0 amide bonds. The van der Waals surface area contributed by atoms with Gasteiger partial charge >= 0.3 is 6.18 Å². The molecule has 0 N–H and O–H groups in total. The molecule has 0 aliphatic rings. The van der Waals surface area contributed by atoms with Crippen molar-refractivity contribution in [2.24, 2.45) is 7.05 Å². The minimum atomic E-state index is -4.58. The van der Waals surface area contributed by atoms with Crippen LogP contribution in [-0.4, -0.2) is 24.4 Å². The highest BCUT2D eigenvalue weighted by Crippen LogP contribution is 2.34. The van der Waals surface area contributed by atoms with E-state index in [9.17, 15) is 13.2 Å². The second kappa shape index (κ2) is 4.70. The van der Waals surface area contributed by atoms with E-state index in [1.54, 1.807) is 20.2 Å². The van der Waals surface area contributed by atoms with Crippen molar-refractivity contribution in [3.63, 3.8) is 0 Å². The molecule has 3 aromatic heterocycles. The van der Waals surface area contributed by atoms with E-state index >= 15 is 0 Å². The van der Waals surface area contributed by atoms with Crippen LogP contribution >= 0.6 is 11.6 Å². The summed E-state index contributed by atoms with van der Waals surface area (Å²) in [5.41, 5.74) is 0.607. The third-order valence-corrected chi connectivity index (χ3v) is 3.71. The standard InChI is InChI=1S/C13H11ClF3N5/c1-6-8(5-21(3)19-6)9-4-10(13(15,16)17)22-12(18-9)11(14)7(2)20-22/h4-5H,1-3H3. The summed E-state index contributed by atoms with van der Waals surface area (Å²) in [5.74, 6) is 0. The molecule has 22 heavy (non-hydrogen) atoms. The van der Waals surface area contributed by atoms with Gasteiger partial charge in [-0.3, -0.25) is 4.68 Å². The largest absolute Gasteiger partial charge is 0.433 e. The second-order valence-corrected chi connectivity index (χ2v) is 5.34. The highest BCUT2D eigenvalue weighted by atomic mass is 35.5. The number of rotatable bonds is 1. The van der Waals surface area contributed by atoms with Crippen LogP contribution in [0.15, 0.2) is 12.3 Å². The molecule has 0 saturated heterocycles. The van der Waals surface area contributed by atoms with E-state index < -0.39 is 11.9 Å². The summed E-state index contributed by atoms with van der Waals surface area (Å²) in [6.45, 7) is 3.24. The molecule has 3 heterocycles. The Morgan fingerprint density at radius 3 is 2.36 bits per heavy atom. The normalized spacial score (nSPS) is 12.3. The third-order valence-electron chi connectivity index (χ3n) is 3.27. The van der Waals surface area contributed by atoms with Gasteiger partial charge in [0.25, 0.3) is 0 Å². The zero-order chi connectivity index (χ0) is 16.2. The SMILES string of the molecule is Cc1nn(C)cc1-c1cc(C(F)(F)F)n2nc(C)c(Cl)c2n1. The van der Waals surface area contributed by atoms with Gasteiger partial charge in [0.2, 0.25) is 0 Å². The summed E-state index contributed by atoms with van der Waals surface area (Å²) in [6.07, 6.45) is -2.96. The Hall–Kier alpha value is -2.09. The lowest BCUT2D eigenvalue weighted by Crippen LogP contribution is -2.13. The summed E-state index contributed by atoms with van der Waals surface area (Å²) in [6, 6.07) is 0.958. The highest BCUT2D eigenvalue weighted by Gasteiger charge is 2.36. The Morgan fingerprint density at radius 1 is 1.14 bits per heavy atom. The van der Waals surface area contributed by atoms with Crippen molar-refractivity contribution in [2.75, 3.05) is 0 Å². The Balaban J connectivity index is 2.38. The van der Waals surface area contributed by atoms with Crippen molar-refractivity contribution < 1.29 is 13.2 Å². The predicted octanol–water partition coefficient (Wildman–Crippen LogP) is 3.42. The smallest absolute Gasteiger partial charge is 0.275 e. The van der Waals surface area contributed by atoms with Crippen LogP contribution in [0.4, 0.5) is 13.2 Å². The molecule has 0 aliphatic carbocycles. The van der Waals surface area contributed by atoms with Gasteiger partial charge < -0.3 is 0 Å². The molecule has 3 aromatic rings. The van der Waals surface area contributed by atoms with Crippen molar-refractivity contribution in [3.8, 4) is 11.3 Å². The molecular formula is C13H11ClF3N5. The molecule has 0 atom stereocenters. The summed E-state index contributed by atoms with van der Waals surface area (Å²) in [4.78, 5) is 4.23. The van der Waals surface area contributed by atoms with Crippen molar-refractivity contribution in [1.82, 2.24) is 24.4 Å². The summed E-state index contributed by atoms with van der Waals surface area (Å²) in [7, 11) is 1.69. The number of nitrogens with zero attached hydrogens (tertiary/aromatic N) is 5. The van der Waals surface area contributed by atoms with Crippen LogP contribution in [0.5, 0.6) is 0 Å². The average Bonchev–Trinajstić information content (AvgIpc) is 2.88. The van der Waals surface area contributed by atoms with Gasteiger partial charge in [-0.05, 0) is 19.9 Å². The van der Waals surface area contributed by atoms with Crippen molar-refractivity contribution >= 4 is 17.2 Å². The predicted molar refractivity (Wildman–Crippen MR) is 74.7 cm³/mol. The maximum absolute atomic E-state index is 13.3. The lowest BCUT2D eigenvalue weighted by Gasteiger charge is -2.10. The summed E-state index contributed by atoms with van der Waals surface area (Å²) in [5, 5.41) is 8.06. The highest BCUT2D eigenvalue weighted by molar-refractivity contribution is 6.34. The molecule has 0 bridgehead atoms. The number of hydrogen-bond acceptors (Lipinski definition) is 3. The van der Waals surface area contributed by atoms with E-state index in [-0.39, 0.29) is 16.4 Å². The van der Waals surface area contributed by atoms with Gasteiger partial charge in [0.15, 0.2) is 11.3 Å². The minimum Gasteiger partial charge on any atom is -0.275 e. The van der Waals surface area contributed by atoms with Crippen LogP contribution in [0.1, 0.15) is 17.1 Å². The van der Waals surface area contributed by atoms with Crippen LogP contribution in [0.25, 0.3) is 16.9 Å². The molecule has 0 aromatic carbocycles. The van der Waals surface area contributed by atoms with Crippen LogP contribution < -0.4 is 0 Å². The quantitative estimate of drug-likeness (QED) is 0.687. The Morgan fingerprint density at radius 2 is 1.82 bits per heavy atom. The van der Waals surface area contributed by atoms with E-state index in [0.29, 0.717) is 17.0 Å². The van der Waals surface area contributed by atoms with E-state index in [4.69, 9.17) is 11.6 Å². The van der Waals surface area contributed by atoms with Gasteiger partial charge in [0.1, 0.15) is 5.02 Å². The molecule has 0 radical (unpaired) electrons. The number of fused-ring (bicyclic) bond motifs is 1. The van der Waals surface area contributed by atoms with E-state index in [0.717, 1.165) is 10.6 Å². The van der Waals surface area contributed by atoms with Gasteiger partial charge in [-0.25, -0.2) is 9.50 Å². The lowest BCUT2D eigenvalue weighted by atomic mass is 10.1. The first kappa shape index (κ1) is 14.8. The summed E-state index contributed by atoms with van der Waals surface area (Å²) < 4.78 is 42.2. The van der Waals surface area contributed by atoms with Gasteiger partial charge in [0.05, 0.1) is 17.1 Å². The van der Waals surface area contributed by atoms with E-state index in [2.05, 4.69) is 15.2 Å². The monoisotopic (exact) mass is 329 g/mol. The lowest BCUT2D eigenvalue weighted by molar-refractivity contribution is -0.142. The first-order chi connectivity index (χ1) is 10.2. The number of aryl methyl sites for hydroxylation is 3. The molecule has 0 unspecified atom stereocenters. The zero-order valence-corrected chi connectivity index (χ0v) is 12.7. The molecular weight excluding hydrogens is 319 g/mol. The van der Waals surface area contributed by atoms with Crippen LogP contribution in [0.2, 0.25) is 5.02 Å². The fourth-order valence-corrected chi connectivity index (χ4v) is 2.45. The van der Waals surface area contributed by atoms with Crippen molar-refractivity contribution in [1.29, 1.82) is 0 Å². The molecule has 116 valence electrons. The Kier molecular flexibility index (Phi) is 3.17. The van der Waals surface area contributed by atoms with Gasteiger partial charge in [-0.2, -0.15) is 23.4 Å². The molecule has 9 heteroatoms. The third kappa shape index (κ3) is 2.23. The fourth-order valence-electron chi connectivity index (χ4n) is 2.29. The first-order valence-electron chi connectivity index (χ1n) is 6.32. The molecule has 0 fully saturated rings. The maximum Gasteiger partial charge on any atom is 0.433 e. The Bertz CT molecular complexity index is 878. The molecule has 0 aliphatic heterocycles. The fraction of sp³-hybridized carbons (Fsp3) is 0.308. The first-order valence-corrected chi connectivity index (χ1v) is 6.70. The zero-order valence-electron chi connectivity index (χ0n) is 11.9. The average molecular weight is 330 g/mol.